The summed E-state index contributed by atoms with van der Waals surface area (Å²) in [4.78, 5) is 18.2. The van der Waals surface area contributed by atoms with E-state index in [4.69, 9.17) is 9.52 Å². The van der Waals surface area contributed by atoms with Crippen molar-refractivity contribution in [3.8, 4) is 27.7 Å². The number of carbonyl (C=O) groups excluding carboxylic acids is 1. The molecule has 4 heterocycles. The van der Waals surface area contributed by atoms with Crippen molar-refractivity contribution >= 4 is 50.8 Å². The van der Waals surface area contributed by atoms with Crippen LogP contribution in [0.3, 0.4) is 0 Å². The SMILES string of the molecule is O=C(C=Cc1cn(-c2ccccc2)nc1-c1cccs1)Nc1nc(-c2cc3ccccc3o2)cs1. The number of aromatic nitrogens is 3. The van der Waals surface area contributed by atoms with Crippen molar-refractivity contribution in [1.82, 2.24) is 14.8 Å². The minimum Gasteiger partial charge on any atom is -0.454 e. The van der Waals surface area contributed by atoms with E-state index >= 15 is 0 Å². The van der Waals surface area contributed by atoms with Gasteiger partial charge in [-0.1, -0.05) is 42.5 Å². The molecule has 1 N–H and O–H groups in total. The zero-order chi connectivity index (χ0) is 23.6. The first-order valence-corrected chi connectivity index (χ1v) is 12.6. The van der Waals surface area contributed by atoms with E-state index in [1.54, 1.807) is 17.4 Å². The smallest absolute Gasteiger partial charge is 0.250 e. The fraction of sp³-hybridized carbons (Fsp3) is 0. The number of furan rings is 1. The van der Waals surface area contributed by atoms with Gasteiger partial charge in [0.2, 0.25) is 5.91 Å². The Morgan fingerprint density at radius 3 is 2.69 bits per heavy atom. The maximum atomic E-state index is 12.7. The lowest BCUT2D eigenvalue weighted by Crippen LogP contribution is -2.07. The molecular formula is C27H18N4O2S2. The molecule has 8 heteroatoms. The van der Waals surface area contributed by atoms with Crippen molar-refractivity contribution in [3.05, 3.63) is 101 Å². The molecule has 0 saturated carbocycles. The quantitative estimate of drug-likeness (QED) is 0.250. The molecule has 2 aromatic carbocycles. The maximum absolute atomic E-state index is 12.7. The summed E-state index contributed by atoms with van der Waals surface area (Å²) in [6.07, 6.45) is 5.22. The molecule has 0 bridgehead atoms. The number of hydrogen-bond donors (Lipinski definition) is 1. The van der Waals surface area contributed by atoms with Gasteiger partial charge in [-0.2, -0.15) is 5.10 Å². The number of para-hydroxylation sites is 2. The number of fused-ring (bicyclic) bond motifs is 1. The van der Waals surface area contributed by atoms with Gasteiger partial charge < -0.3 is 4.42 Å². The highest BCUT2D eigenvalue weighted by Gasteiger charge is 2.13. The van der Waals surface area contributed by atoms with Crippen molar-refractivity contribution in [3.63, 3.8) is 0 Å². The van der Waals surface area contributed by atoms with Crippen LogP contribution in [0.4, 0.5) is 5.13 Å². The molecule has 0 aliphatic rings. The summed E-state index contributed by atoms with van der Waals surface area (Å²) < 4.78 is 7.70. The van der Waals surface area contributed by atoms with Crippen LogP contribution >= 0.6 is 22.7 Å². The Morgan fingerprint density at radius 1 is 1.00 bits per heavy atom. The highest BCUT2D eigenvalue weighted by molar-refractivity contribution is 7.14. The first kappa shape index (κ1) is 21.3. The van der Waals surface area contributed by atoms with E-state index in [9.17, 15) is 4.79 Å². The van der Waals surface area contributed by atoms with Crippen LogP contribution in [0.15, 0.2) is 100 Å². The summed E-state index contributed by atoms with van der Waals surface area (Å²) in [7, 11) is 0. The summed E-state index contributed by atoms with van der Waals surface area (Å²) >= 11 is 2.97. The van der Waals surface area contributed by atoms with E-state index in [1.165, 1.54) is 17.4 Å². The Labute approximate surface area is 208 Å². The lowest BCUT2D eigenvalue weighted by Gasteiger charge is -1.99. The van der Waals surface area contributed by atoms with Crippen LogP contribution in [0.2, 0.25) is 0 Å². The van der Waals surface area contributed by atoms with Crippen LogP contribution in [0, 0.1) is 0 Å². The highest BCUT2D eigenvalue weighted by atomic mass is 32.1. The summed E-state index contributed by atoms with van der Waals surface area (Å²) in [6.45, 7) is 0. The van der Waals surface area contributed by atoms with E-state index < -0.39 is 0 Å². The third kappa shape index (κ3) is 4.44. The Balaban J connectivity index is 1.22. The number of thiazole rings is 1. The van der Waals surface area contributed by atoms with Gasteiger partial charge in [-0.05, 0) is 41.8 Å². The van der Waals surface area contributed by atoms with Gasteiger partial charge in [0.05, 0.1) is 10.6 Å². The zero-order valence-electron chi connectivity index (χ0n) is 18.3. The van der Waals surface area contributed by atoms with Gasteiger partial charge in [-0.25, -0.2) is 9.67 Å². The minimum atomic E-state index is -0.264. The molecule has 6 nitrogen and oxygen atoms in total. The summed E-state index contributed by atoms with van der Waals surface area (Å²) in [5.74, 6) is 0.410. The number of rotatable bonds is 6. The largest absolute Gasteiger partial charge is 0.454 e. The van der Waals surface area contributed by atoms with E-state index in [0.717, 1.165) is 32.8 Å². The average molecular weight is 495 g/mol. The Bertz CT molecular complexity index is 1610. The Kier molecular flexibility index (Phi) is 5.57. The molecule has 0 unspecified atom stereocenters. The number of thiophene rings is 1. The number of nitrogens with zero attached hydrogens (tertiary/aromatic N) is 3. The molecule has 170 valence electrons. The topological polar surface area (TPSA) is 73.0 Å². The molecule has 0 aliphatic carbocycles. The van der Waals surface area contributed by atoms with Gasteiger partial charge in [0.15, 0.2) is 10.9 Å². The van der Waals surface area contributed by atoms with Gasteiger partial charge in [0.1, 0.15) is 17.0 Å². The second-order valence-electron chi connectivity index (χ2n) is 7.70. The first-order chi connectivity index (χ1) is 17.2. The summed E-state index contributed by atoms with van der Waals surface area (Å²) in [6, 6.07) is 23.7. The fourth-order valence-electron chi connectivity index (χ4n) is 3.69. The van der Waals surface area contributed by atoms with Gasteiger partial charge in [0, 0.05) is 28.6 Å². The fourth-order valence-corrected chi connectivity index (χ4v) is 5.13. The maximum Gasteiger partial charge on any atom is 0.250 e. The number of amides is 1. The summed E-state index contributed by atoms with van der Waals surface area (Å²) in [5, 5.41) is 13.0. The molecule has 0 spiro atoms. The third-order valence-electron chi connectivity index (χ3n) is 5.34. The number of anilines is 1. The second-order valence-corrected chi connectivity index (χ2v) is 9.51. The van der Waals surface area contributed by atoms with Gasteiger partial charge in [-0.3, -0.25) is 10.1 Å². The van der Waals surface area contributed by atoms with E-state index in [1.807, 2.05) is 94.4 Å². The number of nitrogens with one attached hydrogen (secondary N) is 1. The van der Waals surface area contributed by atoms with Crippen LogP contribution in [-0.2, 0) is 4.79 Å². The van der Waals surface area contributed by atoms with E-state index in [2.05, 4.69) is 10.3 Å². The second kappa shape index (κ2) is 9.17. The monoisotopic (exact) mass is 494 g/mol. The zero-order valence-corrected chi connectivity index (χ0v) is 19.9. The van der Waals surface area contributed by atoms with Crippen LogP contribution < -0.4 is 5.32 Å². The van der Waals surface area contributed by atoms with Crippen molar-refractivity contribution < 1.29 is 9.21 Å². The molecule has 0 fully saturated rings. The Hall–Kier alpha value is -4.27. The molecule has 6 aromatic rings. The lowest BCUT2D eigenvalue weighted by molar-refractivity contribution is -0.111. The van der Waals surface area contributed by atoms with Crippen molar-refractivity contribution in [1.29, 1.82) is 0 Å². The molecule has 0 aliphatic heterocycles. The lowest BCUT2D eigenvalue weighted by atomic mass is 10.2. The number of benzene rings is 2. The predicted molar refractivity (Wildman–Crippen MR) is 142 cm³/mol. The minimum absolute atomic E-state index is 0.264. The molecule has 1 amide bonds. The highest BCUT2D eigenvalue weighted by Crippen LogP contribution is 2.31. The average Bonchev–Trinajstić information content (AvgIpc) is 3.68. The van der Waals surface area contributed by atoms with Gasteiger partial charge in [0.25, 0.3) is 0 Å². The van der Waals surface area contributed by atoms with Gasteiger partial charge in [-0.15, -0.1) is 22.7 Å². The molecule has 4 aromatic heterocycles. The van der Waals surface area contributed by atoms with E-state index in [-0.39, 0.29) is 5.91 Å². The van der Waals surface area contributed by atoms with Crippen LogP contribution in [0.5, 0.6) is 0 Å². The molecule has 6 rings (SSSR count). The first-order valence-electron chi connectivity index (χ1n) is 10.9. The Morgan fingerprint density at radius 2 is 1.86 bits per heavy atom. The van der Waals surface area contributed by atoms with Crippen molar-refractivity contribution in [2.24, 2.45) is 0 Å². The number of hydrogen-bond acceptors (Lipinski definition) is 6. The third-order valence-corrected chi connectivity index (χ3v) is 6.98. The van der Waals surface area contributed by atoms with Gasteiger partial charge >= 0.3 is 0 Å². The molecular weight excluding hydrogens is 476 g/mol. The van der Waals surface area contributed by atoms with Crippen LogP contribution in [0.25, 0.3) is 44.8 Å². The molecule has 35 heavy (non-hydrogen) atoms. The summed E-state index contributed by atoms with van der Waals surface area (Å²) in [5.41, 5.74) is 4.13. The predicted octanol–water partition coefficient (Wildman–Crippen LogP) is 7.12. The number of carbonyl (C=O) groups is 1. The van der Waals surface area contributed by atoms with Crippen molar-refractivity contribution in [2.45, 2.75) is 0 Å². The van der Waals surface area contributed by atoms with E-state index in [0.29, 0.717) is 16.6 Å². The molecule has 0 radical (unpaired) electrons. The standard InChI is InChI=1S/C27H18N4O2S2/c32-25(29-27-28-21(17-35-27)23-15-18-7-4-5-10-22(18)33-23)13-12-19-16-31(20-8-2-1-3-9-20)30-26(19)24-11-6-14-34-24/h1-17H,(H,28,29,32). The van der Waals surface area contributed by atoms with Crippen LogP contribution in [-0.4, -0.2) is 20.7 Å². The normalized spacial score (nSPS) is 11.4. The van der Waals surface area contributed by atoms with Crippen molar-refractivity contribution in [2.75, 3.05) is 5.32 Å². The molecule has 0 atom stereocenters. The van der Waals surface area contributed by atoms with Crippen LogP contribution in [0.1, 0.15) is 5.56 Å². The molecule has 0 saturated heterocycles.